The maximum Gasteiger partial charge on any atom is 0.149 e. The molecule has 0 amide bonds. The molecule has 0 heterocycles. The molecule has 0 aromatic heterocycles. The van der Waals surface area contributed by atoms with Crippen molar-refractivity contribution in [3.05, 3.63) is 0 Å². The van der Waals surface area contributed by atoms with Crippen LogP contribution >= 0.6 is 12.4 Å². The summed E-state index contributed by atoms with van der Waals surface area (Å²) in [6, 6.07) is -0.135. The summed E-state index contributed by atoms with van der Waals surface area (Å²) in [5.74, 6) is 0.247. The van der Waals surface area contributed by atoms with Gasteiger partial charge in [0.1, 0.15) is 5.78 Å². The Kier molecular flexibility index (Phi) is 3.82. The molecule has 0 saturated heterocycles. The average Bonchev–Trinajstić information content (AvgIpc) is 1.77. The Labute approximate surface area is 61.2 Å². The third-order valence-electron chi connectivity index (χ3n) is 1.60. The van der Waals surface area contributed by atoms with Gasteiger partial charge >= 0.3 is 0 Å². The Hall–Kier alpha value is -0.0800. The minimum Gasteiger partial charge on any atom is -0.322 e. The van der Waals surface area contributed by atoms with Crippen LogP contribution in [0.3, 0.4) is 0 Å². The molecule has 2 nitrogen and oxygen atoms in total. The lowest BCUT2D eigenvalue weighted by atomic mass is 9.95. The first-order valence-corrected chi connectivity index (χ1v) is 3.09. The fourth-order valence-electron chi connectivity index (χ4n) is 1.01. The molecule has 0 aromatic carbocycles. The third kappa shape index (κ3) is 2.33. The van der Waals surface area contributed by atoms with Crippen LogP contribution in [-0.4, -0.2) is 11.8 Å². The van der Waals surface area contributed by atoms with E-state index in [0.29, 0.717) is 6.42 Å². The number of rotatable bonds is 0. The van der Waals surface area contributed by atoms with Crippen molar-refractivity contribution in [2.45, 2.75) is 31.7 Å². The monoisotopic (exact) mass is 149 g/mol. The van der Waals surface area contributed by atoms with Crippen molar-refractivity contribution in [3.8, 4) is 0 Å². The lowest BCUT2D eigenvalue weighted by Crippen LogP contribution is -2.32. The highest BCUT2D eigenvalue weighted by atomic mass is 35.5. The van der Waals surface area contributed by atoms with E-state index in [4.69, 9.17) is 5.73 Å². The first-order valence-electron chi connectivity index (χ1n) is 3.09. The van der Waals surface area contributed by atoms with Crippen LogP contribution < -0.4 is 5.73 Å². The van der Waals surface area contributed by atoms with Gasteiger partial charge in [-0.25, -0.2) is 0 Å². The number of carbonyl (C=O) groups is 1. The number of hydrogen-bond acceptors (Lipinski definition) is 2. The van der Waals surface area contributed by atoms with Crippen LogP contribution in [0.2, 0.25) is 0 Å². The molecule has 1 aliphatic carbocycles. The van der Waals surface area contributed by atoms with Crippen LogP contribution in [0.5, 0.6) is 0 Å². The van der Waals surface area contributed by atoms with Crippen molar-refractivity contribution in [1.82, 2.24) is 0 Å². The van der Waals surface area contributed by atoms with Crippen LogP contribution in [-0.2, 0) is 4.79 Å². The van der Waals surface area contributed by atoms with E-state index in [-0.39, 0.29) is 24.2 Å². The number of carbonyl (C=O) groups excluding carboxylic acids is 1. The summed E-state index contributed by atoms with van der Waals surface area (Å²) in [7, 11) is 0. The van der Waals surface area contributed by atoms with Crippen LogP contribution in [0, 0.1) is 0 Å². The standard InChI is InChI=1S/C6H11NO.ClH/c7-5-3-1-2-4-6(5)8;/h5H,1-4,7H2;1H. The summed E-state index contributed by atoms with van der Waals surface area (Å²) < 4.78 is 0. The molecule has 1 fully saturated rings. The zero-order chi connectivity index (χ0) is 5.98. The van der Waals surface area contributed by atoms with E-state index in [1.807, 2.05) is 0 Å². The van der Waals surface area contributed by atoms with Gasteiger partial charge in [-0.15, -0.1) is 12.4 Å². The van der Waals surface area contributed by atoms with Gasteiger partial charge < -0.3 is 5.73 Å². The third-order valence-corrected chi connectivity index (χ3v) is 1.60. The predicted molar refractivity (Wildman–Crippen MR) is 38.7 cm³/mol. The molecular formula is C6H12ClNO. The van der Waals surface area contributed by atoms with Gasteiger partial charge in [0, 0.05) is 6.42 Å². The molecule has 0 radical (unpaired) electrons. The van der Waals surface area contributed by atoms with Crippen LogP contribution in [0.1, 0.15) is 25.7 Å². The van der Waals surface area contributed by atoms with Crippen molar-refractivity contribution in [3.63, 3.8) is 0 Å². The van der Waals surface area contributed by atoms with Crippen molar-refractivity contribution >= 4 is 18.2 Å². The highest BCUT2D eigenvalue weighted by Crippen LogP contribution is 2.11. The second-order valence-corrected chi connectivity index (χ2v) is 2.32. The maximum absolute atomic E-state index is 10.7. The van der Waals surface area contributed by atoms with Gasteiger partial charge in [-0.1, -0.05) is 6.42 Å². The topological polar surface area (TPSA) is 43.1 Å². The van der Waals surface area contributed by atoms with Gasteiger partial charge in [-0.05, 0) is 12.8 Å². The van der Waals surface area contributed by atoms with E-state index in [0.717, 1.165) is 19.3 Å². The van der Waals surface area contributed by atoms with Gasteiger partial charge in [0.15, 0.2) is 0 Å². The number of hydrogen-bond donors (Lipinski definition) is 1. The van der Waals surface area contributed by atoms with E-state index >= 15 is 0 Å². The summed E-state index contributed by atoms with van der Waals surface area (Å²) >= 11 is 0. The molecule has 3 heteroatoms. The molecule has 0 aliphatic heterocycles. The van der Waals surface area contributed by atoms with Crippen LogP contribution in [0.4, 0.5) is 0 Å². The first-order chi connectivity index (χ1) is 3.80. The molecule has 2 N–H and O–H groups in total. The van der Waals surface area contributed by atoms with E-state index in [1.165, 1.54) is 0 Å². The molecule has 0 spiro atoms. The summed E-state index contributed by atoms with van der Waals surface area (Å²) in [5, 5.41) is 0. The summed E-state index contributed by atoms with van der Waals surface area (Å²) in [5.41, 5.74) is 5.43. The molecule has 54 valence electrons. The quantitative estimate of drug-likeness (QED) is 0.556. The Morgan fingerprint density at radius 1 is 1.44 bits per heavy atom. The Morgan fingerprint density at radius 3 is 2.44 bits per heavy atom. The molecule has 1 aliphatic rings. The summed E-state index contributed by atoms with van der Waals surface area (Å²) in [4.78, 5) is 10.7. The molecule has 1 unspecified atom stereocenters. The lowest BCUT2D eigenvalue weighted by Gasteiger charge is -2.14. The number of Topliss-reactive ketones (excluding diaryl/α,β-unsaturated/α-hetero) is 1. The molecule has 1 saturated carbocycles. The SMILES string of the molecule is Cl.NC1CCCCC1=O. The molecule has 0 bridgehead atoms. The number of ketones is 1. The van der Waals surface area contributed by atoms with Crippen molar-refractivity contribution in [1.29, 1.82) is 0 Å². The summed E-state index contributed by atoms with van der Waals surface area (Å²) in [6.45, 7) is 0. The predicted octanol–water partition coefficient (Wildman–Crippen LogP) is 0.879. The number of nitrogens with two attached hydrogens (primary N) is 1. The normalized spacial score (nSPS) is 27.2. The van der Waals surface area contributed by atoms with Crippen molar-refractivity contribution in [2.24, 2.45) is 5.73 Å². The fraction of sp³-hybridized carbons (Fsp3) is 0.833. The lowest BCUT2D eigenvalue weighted by molar-refractivity contribution is -0.121. The van der Waals surface area contributed by atoms with Gasteiger partial charge in [-0.3, -0.25) is 4.79 Å². The molecule has 0 aromatic rings. The maximum atomic E-state index is 10.7. The van der Waals surface area contributed by atoms with E-state index in [1.54, 1.807) is 0 Å². The fourth-order valence-corrected chi connectivity index (χ4v) is 1.01. The van der Waals surface area contributed by atoms with Crippen molar-refractivity contribution in [2.75, 3.05) is 0 Å². The average molecular weight is 150 g/mol. The molecule has 9 heavy (non-hydrogen) atoms. The second-order valence-electron chi connectivity index (χ2n) is 2.32. The van der Waals surface area contributed by atoms with Gasteiger partial charge in [0.25, 0.3) is 0 Å². The molecule has 1 atom stereocenters. The largest absolute Gasteiger partial charge is 0.322 e. The van der Waals surface area contributed by atoms with E-state index < -0.39 is 0 Å². The second kappa shape index (κ2) is 3.85. The minimum atomic E-state index is -0.135. The van der Waals surface area contributed by atoms with Gasteiger partial charge in [0.2, 0.25) is 0 Å². The van der Waals surface area contributed by atoms with Gasteiger partial charge in [-0.2, -0.15) is 0 Å². The van der Waals surface area contributed by atoms with E-state index in [9.17, 15) is 4.79 Å². The smallest absolute Gasteiger partial charge is 0.149 e. The van der Waals surface area contributed by atoms with Crippen molar-refractivity contribution < 1.29 is 4.79 Å². The molecular weight excluding hydrogens is 138 g/mol. The Morgan fingerprint density at radius 2 is 2.11 bits per heavy atom. The highest BCUT2D eigenvalue weighted by molar-refractivity contribution is 5.85. The summed E-state index contributed by atoms with van der Waals surface area (Å²) in [6.07, 6.45) is 3.79. The Balaban J connectivity index is 0.000000640. The van der Waals surface area contributed by atoms with Crippen LogP contribution in [0.15, 0.2) is 0 Å². The van der Waals surface area contributed by atoms with Crippen LogP contribution in [0.25, 0.3) is 0 Å². The minimum absolute atomic E-state index is 0. The number of halogens is 1. The Bertz CT molecular complexity index is 105. The zero-order valence-corrected chi connectivity index (χ0v) is 6.12. The van der Waals surface area contributed by atoms with E-state index in [2.05, 4.69) is 0 Å². The van der Waals surface area contributed by atoms with Gasteiger partial charge in [0.05, 0.1) is 6.04 Å². The first kappa shape index (κ1) is 8.92. The highest BCUT2D eigenvalue weighted by Gasteiger charge is 2.16. The molecule has 1 rings (SSSR count). The zero-order valence-electron chi connectivity index (χ0n) is 5.30.